The molecule has 1 aromatic heterocycles. The van der Waals surface area contributed by atoms with Gasteiger partial charge in [0.2, 0.25) is 0 Å². The van der Waals surface area contributed by atoms with Crippen LogP contribution in [0.15, 0.2) is 53.4 Å². The first kappa shape index (κ1) is 20.4. The predicted octanol–water partition coefficient (Wildman–Crippen LogP) is 4.92. The van der Waals surface area contributed by atoms with Gasteiger partial charge in [-0.1, -0.05) is 42.1 Å². The van der Waals surface area contributed by atoms with E-state index in [1.54, 1.807) is 55.5 Å². The van der Waals surface area contributed by atoms with Crippen molar-refractivity contribution < 1.29 is 19.0 Å². The highest BCUT2D eigenvalue weighted by Crippen LogP contribution is 2.59. The van der Waals surface area contributed by atoms with E-state index in [9.17, 15) is 19.0 Å². The fourth-order valence-electron chi connectivity index (χ4n) is 3.44. The lowest BCUT2D eigenvalue weighted by Gasteiger charge is -2.37. The first-order valence-corrected chi connectivity index (χ1v) is 11.3. The first-order chi connectivity index (χ1) is 14.2. The van der Waals surface area contributed by atoms with Crippen LogP contribution in [0.2, 0.25) is 0 Å². The molecule has 0 bridgehead atoms. The van der Waals surface area contributed by atoms with Crippen LogP contribution < -0.4 is 0 Å². The van der Waals surface area contributed by atoms with Crippen LogP contribution in [-0.4, -0.2) is 40.0 Å². The number of hydrogen-bond donors (Lipinski definition) is 5. The molecule has 0 atom stereocenters. The number of aromatic carboxylic acids is 1. The predicted molar refractivity (Wildman–Crippen MR) is 119 cm³/mol. The van der Waals surface area contributed by atoms with Gasteiger partial charge in [0.1, 0.15) is 5.04 Å². The van der Waals surface area contributed by atoms with E-state index in [1.807, 2.05) is 0 Å². The highest BCUT2D eigenvalue weighted by molar-refractivity contribution is 8.26. The van der Waals surface area contributed by atoms with Crippen molar-refractivity contribution in [2.75, 3.05) is 0 Å². The van der Waals surface area contributed by atoms with Crippen molar-refractivity contribution in [3.63, 3.8) is 0 Å². The van der Waals surface area contributed by atoms with E-state index in [0.717, 1.165) is 11.8 Å². The van der Waals surface area contributed by atoms with Gasteiger partial charge in [-0.15, -0.1) is 0 Å². The van der Waals surface area contributed by atoms with Crippen LogP contribution in [0.3, 0.4) is 0 Å². The maximum absolute atomic E-state index is 11.8. The molecule has 10 heteroatoms. The van der Waals surface area contributed by atoms with Gasteiger partial charge in [0.25, 0.3) is 0 Å². The van der Waals surface area contributed by atoms with Gasteiger partial charge in [-0.2, -0.15) is 15.7 Å². The minimum Gasteiger partial charge on any atom is -0.476 e. The monoisotopic (exact) mass is 442 g/mol. The lowest BCUT2D eigenvalue weighted by atomic mass is 10.1. The van der Waals surface area contributed by atoms with E-state index in [0.29, 0.717) is 27.4 Å². The summed E-state index contributed by atoms with van der Waals surface area (Å²) in [5, 5.41) is 30.2. The van der Waals surface area contributed by atoms with Gasteiger partial charge in [0, 0.05) is 16.7 Å². The van der Waals surface area contributed by atoms with Gasteiger partial charge >= 0.3 is 5.97 Å². The third-order valence-electron chi connectivity index (χ3n) is 4.63. The zero-order valence-electron chi connectivity index (χ0n) is 15.8. The number of hydrogen-bond acceptors (Lipinski definition) is 7. The summed E-state index contributed by atoms with van der Waals surface area (Å²) in [5.74, 6) is -1.47. The summed E-state index contributed by atoms with van der Waals surface area (Å²) in [6, 6.07) is 13.7. The zero-order valence-corrected chi connectivity index (χ0v) is 17.4. The molecule has 0 saturated heterocycles. The Balaban J connectivity index is 1.94. The fourth-order valence-corrected chi connectivity index (χ4v) is 5.64. The Bertz CT molecular complexity index is 1220. The lowest BCUT2D eigenvalue weighted by Crippen LogP contribution is -2.13. The summed E-state index contributed by atoms with van der Waals surface area (Å²) in [6.07, 6.45) is 0. The Hall–Kier alpha value is -2.92. The lowest BCUT2D eigenvalue weighted by molar-refractivity contribution is 0.0689. The van der Waals surface area contributed by atoms with Gasteiger partial charge < -0.3 is 5.11 Å². The first-order valence-electron chi connectivity index (χ1n) is 8.82. The van der Waals surface area contributed by atoms with Crippen LogP contribution in [0.1, 0.15) is 28.5 Å². The molecule has 3 aromatic rings. The highest BCUT2D eigenvalue weighted by atomic mass is 32.3. The maximum atomic E-state index is 11.8. The second-order valence-electron chi connectivity index (χ2n) is 6.74. The largest absolute Gasteiger partial charge is 0.476 e. The van der Waals surface area contributed by atoms with E-state index >= 15 is 0 Å². The third kappa shape index (κ3) is 3.43. The average Bonchev–Trinajstić information content (AvgIpc) is 3.06. The second-order valence-corrected chi connectivity index (χ2v) is 10.0. The van der Waals surface area contributed by atoms with E-state index in [2.05, 4.69) is 5.10 Å². The summed E-state index contributed by atoms with van der Waals surface area (Å²) in [6.45, 7) is 1.60. The van der Waals surface area contributed by atoms with Crippen LogP contribution in [0, 0.1) is 10.8 Å². The van der Waals surface area contributed by atoms with Crippen LogP contribution in [0.5, 0.6) is 0 Å². The van der Waals surface area contributed by atoms with Gasteiger partial charge in [0.05, 0.1) is 27.1 Å². The molecule has 1 aliphatic rings. The topological polar surface area (TPSA) is 143 Å². The Morgan fingerprint density at radius 3 is 2.60 bits per heavy atom. The molecule has 1 aliphatic heterocycles. The van der Waals surface area contributed by atoms with Crippen molar-refractivity contribution >= 4 is 38.4 Å². The molecule has 4 rings (SSSR count). The number of nitrogens with one attached hydrogen (secondary N) is 2. The van der Waals surface area contributed by atoms with Crippen molar-refractivity contribution in [3.8, 4) is 16.9 Å². The number of fused-ring (bicyclic) bond motifs is 3. The molecule has 30 heavy (non-hydrogen) atoms. The number of rotatable bonds is 3. The van der Waals surface area contributed by atoms with Crippen molar-refractivity contribution in [2.24, 2.45) is 0 Å². The molecule has 8 nitrogen and oxygen atoms in total. The molecular weight excluding hydrogens is 424 g/mol. The fraction of sp³-hybridized carbons (Fsp3) is 0.100. The van der Waals surface area contributed by atoms with Crippen LogP contribution in [-0.2, 0) is 5.75 Å². The quantitative estimate of drug-likeness (QED) is 0.288. The molecule has 0 fully saturated rings. The minimum atomic E-state index is -3.19. The van der Waals surface area contributed by atoms with Crippen LogP contribution in [0.4, 0.5) is 0 Å². The number of thioether (sulfide) groups is 1. The number of carbonyl (C=O) groups is 1. The standard InChI is InChI=1S/C20H18N4O4S2/c1-11(21)29-19(22)12-5-4-6-13(9-12)24-18-14-7-2-3-8-16(14)30(27,28)10-15(18)17(23-24)20(25)26/h2-9,21-22,27-28H,10H2,1H3,(H,25,26). The Labute approximate surface area is 177 Å². The molecule has 0 amide bonds. The number of aromatic nitrogens is 2. The summed E-state index contributed by atoms with van der Waals surface area (Å²) in [7, 11) is -3.19. The Morgan fingerprint density at radius 2 is 1.90 bits per heavy atom. The number of nitrogens with zero attached hydrogens (tertiary/aromatic N) is 2. The maximum Gasteiger partial charge on any atom is 0.356 e. The van der Waals surface area contributed by atoms with Gasteiger partial charge in [-0.3, -0.25) is 19.9 Å². The number of benzene rings is 2. The summed E-state index contributed by atoms with van der Waals surface area (Å²) in [5.41, 5.74) is 2.16. The molecule has 0 saturated carbocycles. The molecule has 0 radical (unpaired) electrons. The molecule has 0 unspecified atom stereocenters. The van der Waals surface area contributed by atoms with E-state index in [1.165, 1.54) is 4.68 Å². The van der Waals surface area contributed by atoms with E-state index in [4.69, 9.17) is 10.8 Å². The Kier molecular flexibility index (Phi) is 5.02. The van der Waals surface area contributed by atoms with Gasteiger partial charge in [0.15, 0.2) is 5.69 Å². The smallest absolute Gasteiger partial charge is 0.356 e. The highest BCUT2D eigenvalue weighted by Gasteiger charge is 2.36. The third-order valence-corrected chi connectivity index (χ3v) is 7.13. The normalized spacial score (nSPS) is 15.0. The Morgan fingerprint density at radius 1 is 1.17 bits per heavy atom. The molecule has 2 aromatic carbocycles. The van der Waals surface area contributed by atoms with Crippen molar-refractivity contribution in [2.45, 2.75) is 17.6 Å². The van der Waals surface area contributed by atoms with Crippen LogP contribution in [0.25, 0.3) is 16.9 Å². The summed E-state index contributed by atoms with van der Waals surface area (Å²) in [4.78, 5) is 12.2. The number of carboxylic acids is 1. The molecular formula is C20H18N4O4S2. The van der Waals surface area contributed by atoms with Gasteiger partial charge in [-0.25, -0.2) is 9.48 Å². The van der Waals surface area contributed by atoms with Crippen LogP contribution >= 0.6 is 22.4 Å². The average molecular weight is 443 g/mol. The zero-order chi connectivity index (χ0) is 21.6. The van der Waals surface area contributed by atoms with Crippen molar-refractivity contribution in [1.82, 2.24) is 9.78 Å². The molecule has 154 valence electrons. The van der Waals surface area contributed by atoms with E-state index in [-0.39, 0.29) is 27.1 Å². The molecule has 5 N–H and O–H groups in total. The van der Waals surface area contributed by atoms with E-state index < -0.39 is 16.6 Å². The molecule has 0 spiro atoms. The number of carboxylic acid groups (broad SMARTS) is 1. The SMILES string of the molecule is CC(=N)SC(=N)c1cccc(-n2nc(C(=O)O)c3c2-c2ccccc2S(O)(O)C3)c1. The minimum absolute atomic E-state index is 0.193. The van der Waals surface area contributed by atoms with Crippen molar-refractivity contribution in [1.29, 1.82) is 10.8 Å². The van der Waals surface area contributed by atoms with Gasteiger partial charge in [-0.05, 0) is 25.1 Å². The van der Waals surface area contributed by atoms with Crippen molar-refractivity contribution in [3.05, 3.63) is 65.4 Å². The second kappa shape index (κ2) is 7.40. The molecule has 0 aliphatic carbocycles. The molecule has 2 heterocycles. The summed E-state index contributed by atoms with van der Waals surface area (Å²) < 4.78 is 22.7. The summed E-state index contributed by atoms with van der Waals surface area (Å²) >= 11 is 1.02.